The Labute approximate surface area is 161 Å². The van der Waals surface area contributed by atoms with Gasteiger partial charge in [-0.2, -0.15) is 0 Å². The fraction of sp³-hybridized carbons (Fsp3) is 0.714. The van der Waals surface area contributed by atoms with E-state index in [0.717, 1.165) is 31.6 Å². The van der Waals surface area contributed by atoms with Crippen molar-refractivity contribution in [3.8, 4) is 0 Å². The smallest absolute Gasteiger partial charge is 0.312 e. The van der Waals surface area contributed by atoms with Crippen LogP contribution in [-0.2, 0) is 14.3 Å². The van der Waals surface area contributed by atoms with Gasteiger partial charge in [0.05, 0.1) is 23.7 Å². The minimum atomic E-state index is -0.545. The van der Waals surface area contributed by atoms with E-state index in [4.69, 9.17) is 13.9 Å². The highest BCUT2D eigenvalue weighted by Gasteiger charge is 2.45. The minimum absolute atomic E-state index is 0.0178. The largest absolute Gasteiger partial charge is 0.466 e. The van der Waals surface area contributed by atoms with E-state index in [2.05, 4.69) is 0 Å². The molecule has 3 heterocycles. The van der Waals surface area contributed by atoms with Gasteiger partial charge in [-0.25, -0.2) is 0 Å². The van der Waals surface area contributed by atoms with E-state index in [-0.39, 0.29) is 18.0 Å². The number of hydrogen-bond donors (Lipinski definition) is 0. The first-order chi connectivity index (χ1) is 12.9. The van der Waals surface area contributed by atoms with Crippen molar-refractivity contribution in [2.45, 2.75) is 65.4 Å². The van der Waals surface area contributed by atoms with Crippen molar-refractivity contribution in [1.82, 2.24) is 4.90 Å². The molecule has 1 amide bonds. The lowest BCUT2D eigenvalue weighted by Gasteiger charge is -2.42. The predicted molar refractivity (Wildman–Crippen MR) is 101 cm³/mol. The van der Waals surface area contributed by atoms with Crippen LogP contribution in [0.3, 0.4) is 0 Å². The van der Waals surface area contributed by atoms with Crippen LogP contribution >= 0.6 is 0 Å². The lowest BCUT2D eigenvalue weighted by molar-refractivity contribution is -0.162. The second kappa shape index (κ2) is 8.46. The van der Waals surface area contributed by atoms with Gasteiger partial charge in [0.25, 0.3) is 5.91 Å². The summed E-state index contributed by atoms with van der Waals surface area (Å²) in [6.45, 7) is 7.74. The topological polar surface area (TPSA) is 69.0 Å². The third-order valence-electron chi connectivity index (χ3n) is 5.88. The normalized spacial score (nSPS) is 22.5. The summed E-state index contributed by atoms with van der Waals surface area (Å²) in [5, 5.41) is 0. The molecule has 1 aromatic heterocycles. The highest BCUT2D eigenvalue weighted by atomic mass is 16.5. The quantitative estimate of drug-likeness (QED) is 0.733. The first-order valence-corrected chi connectivity index (χ1v) is 10.1. The summed E-state index contributed by atoms with van der Waals surface area (Å²) in [5.41, 5.74) is 0.0719. The molecule has 6 heteroatoms. The molecule has 0 N–H and O–H groups in total. The van der Waals surface area contributed by atoms with Crippen LogP contribution < -0.4 is 0 Å². The molecule has 6 nitrogen and oxygen atoms in total. The zero-order valence-electron chi connectivity index (χ0n) is 16.7. The number of esters is 1. The number of ether oxygens (including phenoxy) is 2. The average Bonchev–Trinajstić information content (AvgIpc) is 3.01. The molecule has 0 aromatic carbocycles. The molecule has 2 aliphatic rings. The first-order valence-electron chi connectivity index (χ1n) is 10.1. The highest BCUT2D eigenvalue weighted by Crippen LogP contribution is 2.40. The van der Waals surface area contributed by atoms with Gasteiger partial charge in [0, 0.05) is 19.7 Å². The van der Waals surface area contributed by atoms with Gasteiger partial charge in [0.2, 0.25) is 0 Å². The number of rotatable bonds is 5. The van der Waals surface area contributed by atoms with E-state index in [9.17, 15) is 9.59 Å². The number of hydrogen-bond acceptors (Lipinski definition) is 5. The Morgan fingerprint density at radius 2 is 2.00 bits per heavy atom. The Kier molecular flexibility index (Phi) is 6.25. The molecular weight excluding hydrogens is 346 g/mol. The number of likely N-dealkylation sites (tertiary alicyclic amines) is 1. The molecule has 0 spiro atoms. The highest BCUT2D eigenvalue weighted by molar-refractivity contribution is 5.95. The number of carbonyl (C=O) groups is 2. The van der Waals surface area contributed by atoms with Crippen molar-refractivity contribution in [3.05, 3.63) is 23.2 Å². The van der Waals surface area contributed by atoms with Crippen LogP contribution in [0, 0.1) is 19.3 Å². The average molecular weight is 377 g/mol. The lowest BCUT2D eigenvalue weighted by atomic mass is 9.73. The Morgan fingerprint density at radius 1 is 1.26 bits per heavy atom. The third kappa shape index (κ3) is 4.37. The molecule has 1 atom stereocenters. The Hall–Kier alpha value is -1.82. The zero-order valence-corrected chi connectivity index (χ0v) is 16.7. The van der Waals surface area contributed by atoms with Crippen molar-refractivity contribution < 1.29 is 23.5 Å². The fourth-order valence-corrected chi connectivity index (χ4v) is 4.33. The molecule has 0 bridgehead atoms. The summed E-state index contributed by atoms with van der Waals surface area (Å²) in [5.74, 6) is 1.23. The number of nitrogens with zero attached hydrogens (tertiary/aromatic N) is 1. The monoisotopic (exact) mass is 377 g/mol. The SMILES string of the molecule is CCOC(=O)C1(CC2CCCCO2)CCN(C(=O)c2cc(C)oc2C)CC1. The number of furan rings is 1. The van der Waals surface area contributed by atoms with Crippen LogP contribution in [0.25, 0.3) is 0 Å². The zero-order chi connectivity index (χ0) is 19.4. The van der Waals surface area contributed by atoms with Crippen LogP contribution in [0.5, 0.6) is 0 Å². The number of aryl methyl sites for hydroxylation is 2. The fourth-order valence-electron chi connectivity index (χ4n) is 4.33. The Bertz CT molecular complexity index is 666. The van der Waals surface area contributed by atoms with Gasteiger partial charge >= 0.3 is 5.97 Å². The molecule has 0 radical (unpaired) electrons. The lowest BCUT2D eigenvalue weighted by Crippen LogP contribution is -2.49. The maximum Gasteiger partial charge on any atom is 0.312 e. The summed E-state index contributed by atoms with van der Waals surface area (Å²) in [6, 6.07) is 1.79. The summed E-state index contributed by atoms with van der Waals surface area (Å²) in [7, 11) is 0. The van der Waals surface area contributed by atoms with E-state index in [1.807, 2.05) is 25.7 Å². The molecule has 2 aliphatic heterocycles. The first kappa shape index (κ1) is 19.9. The van der Waals surface area contributed by atoms with Gasteiger partial charge in [0.1, 0.15) is 11.5 Å². The Morgan fingerprint density at radius 3 is 2.56 bits per heavy atom. The van der Waals surface area contributed by atoms with Gasteiger partial charge < -0.3 is 18.8 Å². The van der Waals surface area contributed by atoms with E-state index in [0.29, 0.717) is 50.3 Å². The molecular formula is C21H31NO5. The van der Waals surface area contributed by atoms with Crippen LogP contribution in [0.2, 0.25) is 0 Å². The molecule has 2 saturated heterocycles. The van der Waals surface area contributed by atoms with Crippen molar-refractivity contribution in [2.24, 2.45) is 5.41 Å². The van der Waals surface area contributed by atoms with E-state index in [1.165, 1.54) is 0 Å². The number of piperidine rings is 1. The van der Waals surface area contributed by atoms with Gasteiger partial charge in [-0.1, -0.05) is 0 Å². The molecule has 1 aromatic rings. The molecule has 0 saturated carbocycles. The van der Waals surface area contributed by atoms with Crippen LogP contribution in [0.4, 0.5) is 0 Å². The van der Waals surface area contributed by atoms with E-state index < -0.39 is 5.41 Å². The van der Waals surface area contributed by atoms with Crippen LogP contribution in [0.1, 0.15) is 67.3 Å². The number of amides is 1. The maximum atomic E-state index is 12.9. The van der Waals surface area contributed by atoms with E-state index in [1.54, 1.807) is 6.07 Å². The second-order valence-corrected chi connectivity index (χ2v) is 7.81. The molecule has 0 aliphatic carbocycles. The second-order valence-electron chi connectivity index (χ2n) is 7.81. The number of carbonyl (C=O) groups excluding carboxylic acids is 2. The maximum absolute atomic E-state index is 12.9. The van der Waals surface area contributed by atoms with Gasteiger partial charge in [-0.15, -0.1) is 0 Å². The molecule has 3 rings (SSSR count). The summed E-state index contributed by atoms with van der Waals surface area (Å²) >= 11 is 0. The molecule has 150 valence electrons. The van der Waals surface area contributed by atoms with Crippen LogP contribution in [-0.4, -0.2) is 49.2 Å². The third-order valence-corrected chi connectivity index (χ3v) is 5.88. The van der Waals surface area contributed by atoms with Gasteiger partial charge in [-0.3, -0.25) is 9.59 Å². The van der Waals surface area contributed by atoms with Gasteiger partial charge in [-0.05, 0) is 65.4 Å². The molecule has 2 fully saturated rings. The Balaban J connectivity index is 1.69. The van der Waals surface area contributed by atoms with E-state index >= 15 is 0 Å². The van der Waals surface area contributed by atoms with Crippen molar-refractivity contribution in [3.63, 3.8) is 0 Å². The summed E-state index contributed by atoms with van der Waals surface area (Å²) in [4.78, 5) is 27.5. The predicted octanol–water partition coefficient (Wildman–Crippen LogP) is 3.64. The minimum Gasteiger partial charge on any atom is -0.466 e. The van der Waals surface area contributed by atoms with Crippen molar-refractivity contribution in [2.75, 3.05) is 26.3 Å². The van der Waals surface area contributed by atoms with Crippen LogP contribution in [0.15, 0.2) is 10.5 Å². The van der Waals surface area contributed by atoms with Crippen molar-refractivity contribution in [1.29, 1.82) is 0 Å². The van der Waals surface area contributed by atoms with Gasteiger partial charge in [0.15, 0.2) is 0 Å². The molecule has 1 unspecified atom stereocenters. The summed E-state index contributed by atoms with van der Waals surface area (Å²) in [6.07, 6.45) is 5.28. The molecule has 27 heavy (non-hydrogen) atoms. The summed E-state index contributed by atoms with van der Waals surface area (Å²) < 4.78 is 16.8. The van der Waals surface area contributed by atoms with Crippen molar-refractivity contribution >= 4 is 11.9 Å². The standard InChI is InChI=1S/C21H31NO5/c1-4-25-20(24)21(14-17-7-5-6-12-26-17)8-10-22(11-9-21)19(23)18-13-15(2)27-16(18)3/h13,17H,4-12,14H2,1-3H3.